The molecule has 0 heterocycles. The van der Waals surface area contributed by atoms with Crippen LogP contribution in [0.1, 0.15) is 11.1 Å². The minimum atomic E-state index is -1.11. The molecule has 81 valence electrons. The van der Waals surface area contributed by atoms with Crippen LogP contribution in [0.25, 0.3) is 0 Å². The Hall–Kier alpha value is -2.33. The summed E-state index contributed by atoms with van der Waals surface area (Å²) in [4.78, 5) is 11.4. The fraction of sp³-hybridized carbons (Fsp3) is 0.0625. The van der Waals surface area contributed by atoms with Crippen molar-refractivity contribution in [1.82, 2.24) is 0 Å². The molecule has 0 aliphatic carbocycles. The van der Waals surface area contributed by atoms with Crippen LogP contribution in [0.15, 0.2) is 60.7 Å². The highest BCUT2D eigenvalue weighted by atomic mass is 16.1. The van der Waals surface area contributed by atoms with Crippen molar-refractivity contribution in [2.45, 2.75) is 5.41 Å². The van der Waals surface area contributed by atoms with Crippen molar-refractivity contribution >= 4 is 6.29 Å². The third-order valence-electron chi connectivity index (χ3n) is 2.78. The Bertz CT molecular complexity index is 495. The summed E-state index contributed by atoms with van der Waals surface area (Å²) in [6, 6.07) is 18.6. The first kappa shape index (κ1) is 11.2. The molecule has 0 aliphatic rings. The van der Waals surface area contributed by atoms with E-state index in [-0.39, 0.29) is 0 Å². The number of hydrogen-bond acceptors (Lipinski definition) is 1. The molecule has 0 unspecified atom stereocenters. The molecule has 1 nitrogen and oxygen atoms in total. The van der Waals surface area contributed by atoms with Crippen LogP contribution in [0.4, 0.5) is 0 Å². The predicted molar refractivity (Wildman–Crippen MR) is 68.2 cm³/mol. The maximum absolute atomic E-state index is 11.4. The van der Waals surface area contributed by atoms with Gasteiger partial charge < -0.3 is 0 Å². The molecule has 0 aromatic heterocycles. The van der Waals surface area contributed by atoms with Crippen molar-refractivity contribution < 1.29 is 4.79 Å². The van der Waals surface area contributed by atoms with Gasteiger partial charge in [-0.25, -0.2) is 0 Å². The molecule has 2 aromatic rings. The maximum Gasteiger partial charge on any atom is 0.227 e. The number of rotatable bonds is 3. The molecule has 0 atom stereocenters. The van der Waals surface area contributed by atoms with Gasteiger partial charge in [-0.3, -0.25) is 4.79 Å². The Morgan fingerprint density at radius 3 is 1.53 bits per heavy atom. The van der Waals surface area contributed by atoms with Gasteiger partial charge in [0.15, 0.2) is 0 Å². The molecule has 1 heteroatoms. The third-order valence-corrected chi connectivity index (χ3v) is 2.78. The summed E-state index contributed by atoms with van der Waals surface area (Å²) < 4.78 is 0. The lowest BCUT2D eigenvalue weighted by molar-refractivity contribution is 0.538. The first-order valence-corrected chi connectivity index (χ1v) is 5.31. The summed E-state index contributed by atoms with van der Waals surface area (Å²) in [6.07, 6.45) is 7.58. The van der Waals surface area contributed by atoms with E-state index in [1.165, 1.54) is 0 Å². The quantitative estimate of drug-likeness (QED) is 0.725. The molecule has 2 aromatic carbocycles. The monoisotopic (exact) mass is 219 g/mol. The van der Waals surface area contributed by atoms with E-state index in [1.54, 1.807) is 0 Å². The molecule has 0 fully saturated rings. The van der Waals surface area contributed by atoms with Gasteiger partial charge in [0, 0.05) is 0 Å². The zero-order valence-electron chi connectivity index (χ0n) is 9.26. The molecule has 0 saturated carbocycles. The van der Waals surface area contributed by atoms with Gasteiger partial charge in [0.25, 0.3) is 0 Å². The van der Waals surface area contributed by atoms with Gasteiger partial charge in [-0.15, -0.1) is 6.42 Å². The summed E-state index contributed by atoms with van der Waals surface area (Å²) in [5.41, 5.74) is 0.426. The lowest BCUT2D eigenvalue weighted by Gasteiger charge is -2.22. The van der Waals surface area contributed by atoms with Crippen LogP contribution >= 0.6 is 0 Å². The van der Waals surface area contributed by atoms with Crippen LogP contribution in [0.5, 0.6) is 0 Å². The standard InChI is InChI=1S/C16H11O/c1-2-16(13-17,14-9-5-3-6-10-14)15-11-7-4-8-12-15/h1,3-12H. The second kappa shape index (κ2) is 4.67. The van der Waals surface area contributed by atoms with Crippen LogP contribution in [0.3, 0.4) is 0 Å². The Balaban J connectivity index is 2.64. The van der Waals surface area contributed by atoms with Crippen molar-refractivity contribution in [3.05, 3.63) is 71.8 Å². The molecule has 0 bridgehead atoms. The smallest absolute Gasteiger partial charge is 0.227 e. The molecule has 1 radical (unpaired) electrons. The average molecular weight is 219 g/mol. The molecular weight excluding hydrogens is 208 g/mol. The molecule has 2 rings (SSSR count). The van der Waals surface area contributed by atoms with E-state index in [0.717, 1.165) is 11.1 Å². The van der Waals surface area contributed by atoms with Gasteiger partial charge in [0.1, 0.15) is 5.41 Å². The molecular formula is C16H11O. The number of carbonyl (C=O) groups excluding carboxylic acids is 1. The normalized spacial score (nSPS) is 10.5. The highest BCUT2D eigenvalue weighted by Gasteiger charge is 2.32. The van der Waals surface area contributed by atoms with E-state index in [1.807, 2.05) is 66.9 Å². The Morgan fingerprint density at radius 2 is 1.24 bits per heavy atom. The van der Waals surface area contributed by atoms with Crippen LogP contribution in [-0.2, 0) is 10.2 Å². The topological polar surface area (TPSA) is 17.1 Å². The third kappa shape index (κ3) is 1.86. The van der Waals surface area contributed by atoms with E-state index in [9.17, 15) is 4.79 Å². The van der Waals surface area contributed by atoms with Crippen LogP contribution in [0, 0.1) is 12.3 Å². The lowest BCUT2D eigenvalue weighted by atomic mass is 9.76. The summed E-state index contributed by atoms with van der Waals surface area (Å²) in [5.74, 6) is 2.57. The van der Waals surface area contributed by atoms with Crippen LogP contribution in [-0.4, -0.2) is 6.29 Å². The fourth-order valence-electron chi connectivity index (χ4n) is 1.86. The molecule has 0 spiro atoms. The number of benzene rings is 2. The van der Waals surface area contributed by atoms with Crippen LogP contribution < -0.4 is 0 Å². The second-order valence-corrected chi connectivity index (χ2v) is 3.73. The molecule has 0 amide bonds. The highest BCUT2D eigenvalue weighted by molar-refractivity contribution is 5.80. The van der Waals surface area contributed by atoms with Gasteiger partial charge in [-0.05, 0) is 11.1 Å². The largest absolute Gasteiger partial charge is 0.288 e. The van der Waals surface area contributed by atoms with E-state index >= 15 is 0 Å². The first-order chi connectivity index (χ1) is 8.33. The van der Waals surface area contributed by atoms with Gasteiger partial charge >= 0.3 is 0 Å². The predicted octanol–water partition coefficient (Wildman–Crippen LogP) is 2.72. The molecule has 0 N–H and O–H groups in total. The fourth-order valence-corrected chi connectivity index (χ4v) is 1.86. The van der Waals surface area contributed by atoms with Crippen molar-refractivity contribution in [1.29, 1.82) is 0 Å². The maximum atomic E-state index is 11.4. The molecule has 0 saturated heterocycles. The van der Waals surface area contributed by atoms with Crippen molar-refractivity contribution in [2.24, 2.45) is 0 Å². The number of terminal acetylenes is 1. The second-order valence-electron chi connectivity index (χ2n) is 3.73. The SMILES string of the molecule is C#CC([C]=O)(c1ccccc1)c1ccccc1. The zero-order chi connectivity index (χ0) is 12.1. The van der Waals surface area contributed by atoms with Crippen molar-refractivity contribution in [2.75, 3.05) is 0 Å². The Labute approximate surface area is 101 Å². The summed E-state index contributed by atoms with van der Waals surface area (Å²) in [7, 11) is 0. The van der Waals surface area contributed by atoms with Crippen molar-refractivity contribution in [3.63, 3.8) is 0 Å². The van der Waals surface area contributed by atoms with E-state index in [2.05, 4.69) is 5.92 Å². The van der Waals surface area contributed by atoms with Gasteiger partial charge in [-0.1, -0.05) is 66.6 Å². The van der Waals surface area contributed by atoms with E-state index in [4.69, 9.17) is 6.42 Å². The minimum absolute atomic E-state index is 0.767. The average Bonchev–Trinajstić information content (AvgIpc) is 2.43. The summed E-state index contributed by atoms with van der Waals surface area (Å²) in [5, 5.41) is 0. The van der Waals surface area contributed by atoms with Gasteiger partial charge in [-0.2, -0.15) is 0 Å². The van der Waals surface area contributed by atoms with Crippen LogP contribution in [0.2, 0.25) is 0 Å². The lowest BCUT2D eigenvalue weighted by Crippen LogP contribution is -2.27. The van der Waals surface area contributed by atoms with Gasteiger partial charge in [0.2, 0.25) is 6.29 Å². The zero-order valence-corrected chi connectivity index (χ0v) is 9.26. The molecule has 17 heavy (non-hydrogen) atoms. The minimum Gasteiger partial charge on any atom is -0.288 e. The highest BCUT2D eigenvalue weighted by Crippen LogP contribution is 2.29. The Kier molecular flexibility index (Phi) is 3.07. The van der Waals surface area contributed by atoms with Crippen molar-refractivity contribution in [3.8, 4) is 12.3 Å². The van der Waals surface area contributed by atoms with Gasteiger partial charge in [0.05, 0.1) is 0 Å². The Morgan fingerprint density at radius 1 is 0.824 bits per heavy atom. The summed E-state index contributed by atoms with van der Waals surface area (Å²) in [6.45, 7) is 0. The van der Waals surface area contributed by atoms with E-state index < -0.39 is 5.41 Å². The number of hydrogen-bond donors (Lipinski definition) is 0. The summed E-state index contributed by atoms with van der Waals surface area (Å²) >= 11 is 0. The van der Waals surface area contributed by atoms with E-state index in [0.29, 0.717) is 0 Å². The first-order valence-electron chi connectivity index (χ1n) is 5.31. The molecule has 0 aliphatic heterocycles.